The minimum absolute atomic E-state index is 0. The largest absolute Gasteiger partial charge is 3.00 e. The maximum Gasteiger partial charge on any atom is 3.00 e. The molecule has 3 heteroatoms. The third-order valence-electron chi connectivity index (χ3n) is 5.13. The number of hydrogen-bond acceptors (Lipinski definition) is 0. The fraction of sp³-hybridized carbons (Fsp3) is 0.615. The Balaban J connectivity index is -0.000000344. The first-order chi connectivity index (χ1) is 12.9. The minimum atomic E-state index is 0. The Morgan fingerprint density at radius 1 is 0.897 bits per heavy atom. The molecule has 1 aromatic rings. The van der Waals surface area contributed by atoms with Crippen molar-refractivity contribution in [3.8, 4) is 0 Å². The average Bonchev–Trinajstić information content (AvgIpc) is 2.88. The molecule has 1 N–H and O–H groups in total. The first-order valence-corrected chi connectivity index (χ1v) is 10.8. The molecule has 1 aromatic carbocycles. The number of allylic oxidation sites excluding steroid dienone is 4. The molecule has 0 saturated heterocycles. The summed E-state index contributed by atoms with van der Waals surface area (Å²) in [6.45, 7) is 13.6. The molecule has 0 heterocycles. The average molecular weight is 448 g/mol. The molecule has 1 nitrogen and oxygen atoms in total. The van der Waals surface area contributed by atoms with Crippen LogP contribution in [0.1, 0.15) is 91.5 Å². The first kappa shape index (κ1) is 33.2. The Labute approximate surface area is 201 Å². The van der Waals surface area contributed by atoms with Crippen LogP contribution < -0.4 is 0 Å². The zero-order valence-electron chi connectivity index (χ0n) is 20.3. The molecular weight excluding hydrogens is 402 g/mol. The van der Waals surface area contributed by atoms with E-state index in [-0.39, 0.29) is 32.7 Å². The Morgan fingerprint density at radius 2 is 1.45 bits per heavy atom. The maximum atomic E-state index is 6.95. The van der Waals surface area contributed by atoms with Gasteiger partial charge >= 0.3 is 21.7 Å². The van der Waals surface area contributed by atoms with E-state index in [1.165, 1.54) is 67.2 Å². The molecule has 2 rings (SSSR count). The van der Waals surface area contributed by atoms with Gasteiger partial charge in [0.2, 0.25) is 0 Å². The van der Waals surface area contributed by atoms with Gasteiger partial charge in [0.1, 0.15) is 0 Å². The predicted molar refractivity (Wildman–Crippen MR) is 132 cm³/mol. The van der Waals surface area contributed by atoms with E-state index in [2.05, 4.69) is 46.8 Å². The van der Waals surface area contributed by atoms with E-state index in [4.69, 9.17) is 5.73 Å². The summed E-state index contributed by atoms with van der Waals surface area (Å²) in [5.41, 5.74) is 12.4. The summed E-state index contributed by atoms with van der Waals surface area (Å²) in [6.07, 6.45) is 14.0. The second kappa shape index (κ2) is 22.3. The summed E-state index contributed by atoms with van der Waals surface area (Å²) in [5, 5.41) is 0. The van der Waals surface area contributed by atoms with Gasteiger partial charge in [-0.2, -0.15) is 53.6 Å². The molecule has 0 amide bonds. The van der Waals surface area contributed by atoms with Gasteiger partial charge in [-0.3, -0.25) is 6.08 Å². The molecule has 1 aliphatic rings. The SMILES string of the molecule is CC1=[C-]C(C)C(C)=C1C.CCCCCCCCCC[NH-].Cc1[c-]cccc1.[SiH3].[Ti+3]. The number of benzene rings is 1. The van der Waals surface area contributed by atoms with Crippen LogP contribution >= 0.6 is 0 Å². The number of hydrogen-bond donors (Lipinski definition) is 0. The molecule has 0 aliphatic heterocycles. The van der Waals surface area contributed by atoms with Crippen LogP contribution in [0.15, 0.2) is 41.0 Å². The standard InChI is InChI=1S/C10H22N.C9H13.C7H7.H3Si.Ti/c1-2-3-4-5-6-7-8-9-10-11;1-6-5-7(2)9(4)8(6)3;1-7-5-3-2-4-6-7;;/h11H,2-10H2,1H3;6H,1-4H3;2-5H,1H3;1H3;/q3*-1;;+3. The van der Waals surface area contributed by atoms with Crippen LogP contribution in [0.4, 0.5) is 0 Å². The smallest absolute Gasteiger partial charge is 0.677 e. The summed E-state index contributed by atoms with van der Waals surface area (Å²) in [4.78, 5) is 0. The maximum absolute atomic E-state index is 6.95. The van der Waals surface area contributed by atoms with Gasteiger partial charge in [0.05, 0.1) is 0 Å². The molecule has 0 saturated carbocycles. The summed E-state index contributed by atoms with van der Waals surface area (Å²) in [6, 6.07) is 10.9. The van der Waals surface area contributed by atoms with Crippen molar-refractivity contribution in [3.63, 3.8) is 0 Å². The van der Waals surface area contributed by atoms with Crippen molar-refractivity contribution < 1.29 is 21.7 Å². The van der Waals surface area contributed by atoms with Crippen LogP contribution in [0, 0.1) is 25.0 Å². The summed E-state index contributed by atoms with van der Waals surface area (Å²) < 4.78 is 0. The van der Waals surface area contributed by atoms with Gasteiger partial charge in [0.15, 0.2) is 0 Å². The molecule has 1 atom stereocenters. The molecule has 1 aliphatic carbocycles. The number of rotatable bonds is 8. The number of nitrogens with one attached hydrogen (secondary N) is 1. The summed E-state index contributed by atoms with van der Waals surface area (Å²) in [5.74, 6) is 0.560. The molecule has 0 aromatic heterocycles. The van der Waals surface area contributed by atoms with Gasteiger partial charge < -0.3 is 5.73 Å². The monoisotopic (exact) mass is 447 g/mol. The second-order valence-corrected chi connectivity index (χ2v) is 7.57. The van der Waals surface area contributed by atoms with E-state index in [1.807, 2.05) is 31.2 Å². The van der Waals surface area contributed by atoms with Crippen LogP contribution in [0.2, 0.25) is 0 Å². The van der Waals surface area contributed by atoms with Crippen molar-refractivity contribution in [3.05, 3.63) is 64.4 Å². The summed E-state index contributed by atoms with van der Waals surface area (Å²) in [7, 11) is 0. The van der Waals surface area contributed by atoms with Gasteiger partial charge in [-0.1, -0.05) is 91.9 Å². The van der Waals surface area contributed by atoms with Gasteiger partial charge in [0, 0.05) is 0 Å². The Kier molecular flexibility index (Phi) is 25.5. The van der Waals surface area contributed by atoms with Crippen LogP contribution in [0.25, 0.3) is 5.73 Å². The zero-order chi connectivity index (χ0) is 20.5. The Bertz CT molecular complexity index is 529. The number of aryl methyl sites for hydroxylation is 1. The van der Waals surface area contributed by atoms with E-state index in [0.29, 0.717) is 12.5 Å². The van der Waals surface area contributed by atoms with Crippen LogP contribution in [-0.4, -0.2) is 17.5 Å². The van der Waals surface area contributed by atoms with Crippen LogP contribution in [-0.2, 0) is 21.7 Å². The van der Waals surface area contributed by atoms with E-state index in [0.717, 1.165) is 6.42 Å². The van der Waals surface area contributed by atoms with Crippen molar-refractivity contribution >= 4 is 11.0 Å². The van der Waals surface area contributed by atoms with E-state index < -0.39 is 0 Å². The molecule has 0 fully saturated rings. The fourth-order valence-electron chi connectivity index (χ4n) is 2.90. The molecule has 0 spiro atoms. The van der Waals surface area contributed by atoms with Gasteiger partial charge in [-0.15, -0.1) is 6.92 Å². The fourth-order valence-corrected chi connectivity index (χ4v) is 2.90. The number of unbranched alkanes of at least 4 members (excludes halogenated alkanes) is 7. The predicted octanol–water partition coefficient (Wildman–Crippen LogP) is 7.51. The van der Waals surface area contributed by atoms with Gasteiger partial charge in [-0.05, 0) is 11.0 Å². The minimum Gasteiger partial charge on any atom is -0.677 e. The van der Waals surface area contributed by atoms with Crippen LogP contribution in [0.5, 0.6) is 0 Å². The quantitative estimate of drug-likeness (QED) is 0.224. The van der Waals surface area contributed by atoms with E-state index >= 15 is 0 Å². The summed E-state index contributed by atoms with van der Waals surface area (Å²) >= 11 is 0. The molecule has 29 heavy (non-hydrogen) atoms. The molecule has 162 valence electrons. The van der Waals surface area contributed by atoms with Crippen molar-refractivity contribution in [1.29, 1.82) is 0 Å². The van der Waals surface area contributed by atoms with Gasteiger partial charge in [0.25, 0.3) is 0 Å². The normalized spacial score (nSPS) is 14.4. The Hall–Kier alpha value is -0.409. The van der Waals surface area contributed by atoms with Crippen molar-refractivity contribution in [1.82, 2.24) is 0 Å². The first-order valence-electron chi connectivity index (χ1n) is 10.8. The van der Waals surface area contributed by atoms with Gasteiger partial charge in [-0.25, -0.2) is 5.57 Å². The van der Waals surface area contributed by atoms with Crippen molar-refractivity contribution in [2.75, 3.05) is 6.54 Å². The topological polar surface area (TPSA) is 23.8 Å². The van der Waals surface area contributed by atoms with Crippen molar-refractivity contribution in [2.24, 2.45) is 5.92 Å². The Morgan fingerprint density at radius 3 is 1.72 bits per heavy atom. The van der Waals surface area contributed by atoms with E-state index in [9.17, 15) is 0 Å². The molecule has 1 unspecified atom stereocenters. The third kappa shape index (κ3) is 18.1. The van der Waals surface area contributed by atoms with E-state index in [1.54, 1.807) is 0 Å². The van der Waals surface area contributed by atoms with Crippen LogP contribution in [0.3, 0.4) is 0 Å². The van der Waals surface area contributed by atoms with Crippen molar-refractivity contribution in [2.45, 2.75) is 92.9 Å². The molecule has 0 bridgehead atoms. The molecular formula is C26H45NSiTi. The zero-order valence-corrected chi connectivity index (χ0v) is 23.8. The third-order valence-corrected chi connectivity index (χ3v) is 5.13. The second-order valence-electron chi connectivity index (χ2n) is 7.57. The molecule has 2 radical (unpaired) electrons.